The fourth-order valence-corrected chi connectivity index (χ4v) is 3.41. The number of carboxylic acids is 1. The highest BCUT2D eigenvalue weighted by molar-refractivity contribution is 5.80. The first-order chi connectivity index (χ1) is 13.0. The van der Waals surface area contributed by atoms with E-state index < -0.39 is 11.9 Å². The molecule has 27 heavy (non-hydrogen) atoms. The van der Waals surface area contributed by atoms with Gasteiger partial charge in [0.05, 0.1) is 12.3 Å². The topological polar surface area (TPSA) is 66.8 Å². The van der Waals surface area contributed by atoms with Gasteiger partial charge in [-0.05, 0) is 43.0 Å². The molecule has 0 bridgehead atoms. The summed E-state index contributed by atoms with van der Waals surface area (Å²) in [6, 6.07) is 15.7. The van der Waals surface area contributed by atoms with Crippen molar-refractivity contribution in [3.8, 4) is 5.75 Å². The molecule has 0 aromatic heterocycles. The third-order valence-corrected chi connectivity index (χ3v) is 4.87. The summed E-state index contributed by atoms with van der Waals surface area (Å²) >= 11 is 0. The van der Waals surface area contributed by atoms with Crippen LogP contribution in [-0.4, -0.2) is 35.0 Å². The van der Waals surface area contributed by atoms with E-state index in [4.69, 9.17) is 4.74 Å². The van der Waals surface area contributed by atoms with Crippen LogP contribution in [0.4, 0.5) is 0 Å². The molecule has 1 unspecified atom stereocenters. The van der Waals surface area contributed by atoms with Crippen molar-refractivity contribution in [3.05, 3.63) is 65.2 Å². The number of benzene rings is 2. The summed E-state index contributed by atoms with van der Waals surface area (Å²) in [5.41, 5.74) is 3.17. The van der Waals surface area contributed by atoms with Crippen molar-refractivity contribution < 1.29 is 19.4 Å². The molecular weight excluding hydrogens is 342 g/mol. The smallest absolute Gasteiger partial charge is 0.308 e. The number of carbonyl (C=O) groups is 2. The van der Waals surface area contributed by atoms with Gasteiger partial charge >= 0.3 is 5.97 Å². The van der Waals surface area contributed by atoms with Gasteiger partial charge in [-0.2, -0.15) is 0 Å². The maximum atomic E-state index is 12.6. The van der Waals surface area contributed by atoms with Crippen molar-refractivity contribution in [1.29, 1.82) is 0 Å². The molecule has 1 aliphatic heterocycles. The van der Waals surface area contributed by atoms with E-state index in [2.05, 4.69) is 6.07 Å². The number of nitrogens with zero attached hydrogens (tertiary/aromatic N) is 1. The number of amides is 1. The van der Waals surface area contributed by atoms with E-state index >= 15 is 0 Å². The predicted molar refractivity (Wildman–Crippen MR) is 103 cm³/mol. The van der Waals surface area contributed by atoms with Gasteiger partial charge < -0.3 is 14.7 Å². The monoisotopic (exact) mass is 367 g/mol. The molecule has 3 rings (SSSR count). The van der Waals surface area contributed by atoms with Crippen LogP contribution in [-0.2, 0) is 22.6 Å². The van der Waals surface area contributed by atoms with E-state index in [1.807, 2.05) is 49.4 Å². The molecule has 0 radical (unpaired) electrons. The molecule has 5 nitrogen and oxygen atoms in total. The van der Waals surface area contributed by atoms with E-state index in [0.717, 1.165) is 23.3 Å². The van der Waals surface area contributed by atoms with Crippen molar-refractivity contribution in [2.45, 2.75) is 32.8 Å². The van der Waals surface area contributed by atoms with Gasteiger partial charge in [-0.3, -0.25) is 9.59 Å². The third kappa shape index (κ3) is 5.33. The minimum atomic E-state index is -0.820. The largest absolute Gasteiger partial charge is 0.489 e. The van der Waals surface area contributed by atoms with E-state index in [9.17, 15) is 14.7 Å². The molecule has 1 atom stereocenters. The number of aliphatic carboxylic acids is 1. The standard InChI is InChI=1S/C22H25NO4/c1-16-5-2-7-18(11-16)15-27-20-9-3-6-17(12-20)13-21(24)23-10-4-8-19(14-23)22(25)26/h2-3,5-7,9,11-12,19H,4,8,10,13-15H2,1H3,(H,25,26). The summed E-state index contributed by atoms with van der Waals surface area (Å²) in [5, 5.41) is 9.18. The number of carbonyl (C=O) groups excluding carboxylic acids is 1. The highest BCUT2D eigenvalue weighted by Gasteiger charge is 2.27. The molecule has 0 spiro atoms. The fourth-order valence-electron chi connectivity index (χ4n) is 3.41. The van der Waals surface area contributed by atoms with E-state index in [0.29, 0.717) is 26.1 Å². The Morgan fingerprint density at radius 3 is 2.70 bits per heavy atom. The average molecular weight is 367 g/mol. The zero-order chi connectivity index (χ0) is 19.2. The van der Waals surface area contributed by atoms with Crippen LogP contribution >= 0.6 is 0 Å². The Kier molecular flexibility index (Phi) is 6.12. The molecule has 0 aliphatic carbocycles. The van der Waals surface area contributed by atoms with Gasteiger partial charge in [0.2, 0.25) is 5.91 Å². The van der Waals surface area contributed by atoms with Crippen LogP contribution in [0.2, 0.25) is 0 Å². The summed E-state index contributed by atoms with van der Waals surface area (Å²) < 4.78 is 5.86. The third-order valence-electron chi connectivity index (χ3n) is 4.87. The number of aryl methyl sites for hydroxylation is 1. The van der Waals surface area contributed by atoms with Gasteiger partial charge in [0.1, 0.15) is 12.4 Å². The zero-order valence-corrected chi connectivity index (χ0v) is 15.6. The Balaban J connectivity index is 1.58. The molecule has 142 valence electrons. The van der Waals surface area contributed by atoms with E-state index in [1.165, 1.54) is 5.56 Å². The van der Waals surface area contributed by atoms with Crippen molar-refractivity contribution in [1.82, 2.24) is 4.90 Å². The molecule has 2 aromatic carbocycles. The fraction of sp³-hybridized carbons (Fsp3) is 0.364. The minimum absolute atomic E-state index is 0.0308. The van der Waals surface area contributed by atoms with Gasteiger partial charge in [0.25, 0.3) is 0 Å². The Labute approximate surface area is 159 Å². The van der Waals surface area contributed by atoms with Gasteiger partial charge in [0, 0.05) is 13.1 Å². The molecule has 2 aromatic rings. The van der Waals surface area contributed by atoms with Gasteiger partial charge in [-0.25, -0.2) is 0 Å². The molecule has 0 saturated carbocycles. The minimum Gasteiger partial charge on any atom is -0.489 e. The lowest BCUT2D eigenvalue weighted by Gasteiger charge is -2.30. The highest BCUT2D eigenvalue weighted by atomic mass is 16.5. The molecule has 1 saturated heterocycles. The molecule has 5 heteroatoms. The lowest BCUT2D eigenvalue weighted by molar-refractivity contribution is -0.145. The zero-order valence-electron chi connectivity index (χ0n) is 15.6. The van der Waals surface area contributed by atoms with Crippen LogP contribution in [0.15, 0.2) is 48.5 Å². The molecule has 1 aliphatic rings. The Morgan fingerprint density at radius 2 is 1.93 bits per heavy atom. The number of carboxylic acid groups (broad SMARTS) is 1. The average Bonchev–Trinajstić information content (AvgIpc) is 2.67. The van der Waals surface area contributed by atoms with Crippen LogP contribution in [0, 0.1) is 12.8 Å². The lowest BCUT2D eigenvalue weighted by Crippen LogP contribution is -2.42. The van der Waals surface area contributed by atoms with Gasteiger partial charge in [-0.1, -0.05) is 42.0 Å². The van der Waals surface area contributed by atoms with Crippen LogP contribution in [0.1, 0.15) is 29.5 Å². The first-order valence-corrected chi connectivity index (χ1v) is 9.29. The maximum Gasteiger partial charge on any atom is 0.308 e. The lowest BCUT2D eigenvalue weighted by atomic mass is 9.97. The van der Waals surface area contributed by atoms with E-state index in [-0.39, 0.29) is 12.3 Å². The number of hydrogen-bond donors (Lipinski definition) is 1. The predicted octanol–water partition coefficient (Wildman–Crippen LogP) is 3.44. The molecule has 1 amide bonds. The Hall–Kier alpha value is -2.82. The summed E-state index contributed by atoms with van der Waals surface area (Å²) in [5.74, 6) is -0.577. The number of piperidine rings is 1. The Bertz CT molecular complexity index is 817. The molecule has 1 fully saturated rings. The highest BCUT2D eigenvalue weighted by Crippen LogP contribution is 2.20. The van der Waals surface area contributed by atoms with Crippen molar-refractivity contribution in [2.24, 2.45) is 5.92 Å². The molecular formula is C22H25NO4. The quantitative estimate of drug-likeness (QED) is 0.849. The normalized spacial score (nSPS) is 16.8. The van der Waals surface area contributed by atoms with Crippen LogP contribution in [0.5, 0.6) is 5.75 Å². The maximum absolute atomic E-state index is 12.6. The second-order valence-electron chi connectivity index (χ2n) is 7.12. The summed E-state index contributed by atoms with van der Waals surface area (Å²) in [4.78, 5) is 25.4. The van der Waals surface area contributed by atoms with Crippen molar-refractivity contribution in [2.75, 3.05) is 13.1 Å². The van der Waals surface area contributed by atoms with Crippen LogP contribution < -0.4 is 4.74 Å². The number of likely N-dealkylation sites (tertiary alicyclic amines) is 1. The van der Waals surface area contributed by atoms with Gasteiger partial charge in [0.15, 0.2) is 0 Å². The van der Waals surface area contributed by atoms with E-state index in [1.54, 1.807) is 4.90 Å². The SMILES string of the molecule is Cc1cccc(COc2cccc(CC(=O)N3CCCC(C(=O)O)C3)c2)c1. The van der Waals surface area contributed by atoms with Crippen LogP contribution in [0.3, 0.4) is 0 Å². The number of ether oxygens (including phenoxy) is 1. The molecule has 1 heterocycles. The van der Waals surface area contributed by atoms with Crippen LogP contribution in [0.25, 0.3) is 0 Å². The van der Waals surface area contributed by atoms with Crippen molar-refractivity contribution >= 4 is 11.9 Å². The number of rotatable bonds is 6. The Morgan fingerprint density at radius 1 is 1.15 bits per heavy atom. The summed E-state index contributed by atoms with van der Waals surface area (Å²) in [6.45, 7) is 3.46. The summed E-state index contributed by atoms with van der Waals surface area (Å²) in [6.07, 6.45) is 1.64. The first-order valence-electron chi connectivity index (χ1n) is 9.29. The summed E-state index contributed by atoms with van der Waals surface area (Å²) in [7, 11) is 0. The first kappa shape index (κ1) is 19.0. The van der Waals surface area contributed by atoms with Crippen molar-refractivity contribution in [3.63, 3.8) is 0 Å². The molecule has 1 N–H and O–H groups in total. The van der Waals surface area contributed by atoms with Gasteiger partial charge in [-0.15, -0.1) is 0 Å². The number of hydrogen-bond acceptors (Lipinski definition) is 3. The second-order valence-corrected chi connectivity index (χ2v) is 7.12. The second kappa shape index (κ2) is 8.71.